The van der Waals surface area contributed by atoms with Crippen LogP contribution in [0.25, 0.3) is 22.0 Å². The molecule has 5 nitrogen and oxygen atoms in total. The van der Waals surface area contributed by atoms with Crippen LogP contribution in [0.5, 0.6) is 0 Å². The van der Waals surface area contributed by atoms with Gasteiger partial charge in [0.1, 0.15) is 5.56 Å². The molecule has 4 rings (SSSR count). The fourth-order valence-corrected chi connectivity index (χ4v) is 3.28. The van der Waals surface area contributed by atoms with E-state index < -0.39 is 0 Å². The number of carbonyl (C=O) groups excluding carboxylic acids is 1. The second kappa shape index (κ2) is 7.14. The molecular weight excluding hydrogens is 328 g/mol. The molecule has 0 bridgehead atoms. The lowest BCUT2D eigenvalue weighted by Gasteiger charge is -2.11. The molecule has 1 aromatic heterocycles. The second-order valence-corrected chi connectivity index (χ2v) is 6.52. The molecule has 0 radical (unpaired) electrons. The zero-order chi connectivity index (χ0) is 17.9. The summed E-state index contributed by atoms with van der Waals surface area (Å²) in [6.07, 6.45) is 2.01. The average molecular weight is 348 g/mol. The van der Waals surface area contributed by atoms with Crippen LogP contribution in [-0.4, -0.2) is 30.1 Å². The summed E-state index contributed by atoms with van der Waals surface area (Å²) >= 11 is 0. The predicted molar refractivity (Wildman–Crippen MR) is 101 cm³/mol. The monoisotopic (exact) mass is 348 g/mol. The highest BCUT2D eigenvalue weighted by Crippen LogP contribution is 2.22. The number of fused-ring (bicyclic) bond motifs is 1. The molecule has 2 heterocycles. The maximum atomic E-state index is 12.4. The fraction of sp³-hybridized carbons (Fsp3) is 0.238. The van der Waals surface area contributed by atoms with E-state index >= 15 is 0 Å². The minimum absolute atomic E-state index is 0.0508. The predicted octanol–water partition coefficient (Wildman–Crippen LogP) is 3.10. The van der Waals surface area contributed by atoms with E-state index in [4.69, 9.17) is 4.74 Å². The summed E-state index contributed by atoms with van der Waals surface area (Å²) in [6.45, 7) is 1.17. The zero-order valence-electron chi connectivity index (χ0n) is 14.3. The Hall–Kier alpha value is -2.92. The molecule has 2 N–H and O–H groups in total. The highest BCUT2D eigenvalue weighted by Gasteiger charge is 2.18. The Kier molecular flexibility index (Phi) is 4.54. The van der Waals surface area contributed by atoms with E-state index in [2.05, 4.69) is 10.3 Å². The number of benzene rings is 2. The van der Waals surface area contributed by atoms with Crippen molar-refractivity contribution >= 4 is 16.7 Å². The molecule has 1 unspecified atom stereocenters. The van der Waals surface area contributed by atoms with Crippen LogP contribution in [0, 0.1) is 0 Å². The van der Waals surface area contributed by atoms with E-state index in [0.29, 0.717) is 12.2 Å². The third kappa shape index (κ3) is 3.39. The summed E-state index contributed by atoms with van der Waals surface area (Å²) in [5, 5.41) is 5.02. The smallest absolute Gasteiger partial charge is 0.261 e. The summed E-state index contributed by atoms with van der Waals surface area (Å²) < 4.78 is 5.48. The van der Waals surface area contributed by atoms with Gasteiger partial charge < -0.3 is 15.0 Å². The van der Waals surface area contributed by atoms with Crippen molar-refractivity contribution in [1.29, 1.82) is 0 Å². The van der Waals surface area contributed by atoms with Gasteiger partial charge in [-0.1, -0.05) is 36.4 Å². The first-order valence-corrected chi connectivity index (χ1v) is 8.83. The number of carbonyl (C=O) groups is 1. The van der Waals surface area contributed by atoms with Crippen molar-refractivity contribution in [2.24, 2.45) is 0 Å². The van der Waals surface area contributed by atoms with Gasteiger partial charge in [0.25, 0.3) is 11.5 Å². The van der Waals surface area contributed by atoms with Gasteiger partial charge in [0, 0.05) is 18.8 Å². The minimum atomic E-state index is -0.388. The van der Waals surface area contributed by atoms with Gasteiger partial charge in [-0.05, 0) is 47.4 Å². The Morgan fingerprint density at radius 3 is 2.73 bits per heavy atom. The highest BCUT2D eigenvalue weighted by atomic mass is 16.5. The van der Waals surface area contributed by atoms with Crippen molar-refractivity contribution in [1.82, 2.24) is 10.3 Å². The van der Waals surface area contributed by atoms with Gasteiger partial charge in [-0.3, -0.25) is 9.59 Å². The van der Waals surface area contributed by atoms with E-state index in [0.717, 1.165) is 35.8 Å². The minimum Gasteiger partial charge on any atom is -0.376 e. The number of hydrogen-bond acceptors (Lipinski definition) is 3. The molecule has 3 aromatic rings. The van der Waals surface area contributed by atoms with Crippen LogP contribution in [0.3, 0.4) is 0 Å². The molecule has 26 heavy (non-hydrogen) atoms. The quantitative estimate of drug-likeness (QED) is 0.761. The number of nitrogens with one attached hydrogen (secondary N) is 2. The first-order chi connectivity index (χ1) is 12.7. The molecular formula is C21H20N2O3. The first-order valence-electron chi connectivity index (χ1n) is 8.83. The second-order valence-electron chi connectivity index (χ2n) is 6.52. The van der Waals surface area contributed by atoms with E-state index in [1.54, 1.807) is 12.1 Å². The maximum absolute atomic E-state index is 12.4. The van der Waals surface area contributed by atoms with Crippen LogP contribution in [0.4, 0.5) is 0 Å². The molecule has 1 amide bonds. The SMILES string of the molecule is O=C(NCC1CCCO1)c1ccc(-c2ccc3ccccc3c2)[nH]c1=O. The summed E-state index contributed by atoms with van der Waals surface area (Å²) in [7, 11) is 0. The Morgan fingerprint density at radius 2 is 1.96 bits per heavy atom. The van der Waals surface area contributed by atoms with Gasteiger partial charge >= 0.3 is 0 Å². The third-order valence-corrected chi connectivity index (χ3v) is 4.73. The van der Waals surface area contributed by atoms with Crippen LogP contribution in [0.2, 0.25) is 0 Å². The standard InChI is InChI=1S/C21H20N2O3/c24-20(22-13-17-6-3-11-26-17)18-9-10-19(23-21(18)25)16-8-7-14-4-1-2-5-15(14)12-16/h1-2,4-5,7-10,12,17H,3,6,11,13H2,(H,22,24)(H,23,25). The van der Waals surface area contributed by atoms with Crippen molar-refractivity contribution in [3.05, 3.63) is 70.5 Å². The normalized spacial score (nSPS) is 16.7. The van der Waals surface area contributed by atoms with Crippen LogP contribution in [0.1, 0.15) is 23.2 Å². The molecule has 0 aliphatic carbocycles. The van der Waals surface area contributed by atoms with Crippen molar-refractivity contribution in [3.8, 4) is 11.3 Å². The molecule has 132 valence electrons. The lowest BCUT2D eigenvalue weighted by molar-refractivity contribution is 0.0856. The largest absolute Gasteiger partial charge is 0.376 e. The highest BCUT2D eigenvalue weighted by molar-refractivity contribution is 5.94. The topological polar surface area (TPSA) is 71.2 Å². The molecule has 5 heteroatoms. The van der Waals surface area contributed by atoms with E-state index in [1.807, 2.05) is 42.5 Å². The maximum Gasteiger partial charge on any atom is 0.261 e. The van der Waals surface area contributed by atoms with Gasteiger partial charge in [0.2, 0.25) is 0 Å². The summed E-state index contributed by atoms with van der Waals surface area (Å²) in [6, 6.07) is 17.4. The van der Waals surface area contributed by atoms with Crippen LogP contribution >= 0.6 is 0 Å². The zero-order valence-corrected chi connectivity index (χ0v) is 14.3. The van der Waals surface area contributed by atoms with Crippen molar-refractivity contribution < 1.29 is 9.53 Å². The number of ether oxygens (including phenoxy) is 1. The Balaban J connectivity index is 1.54. The number of aromatic amines is 1. The lowest BCUT2D eigenvalue weighted by atomic mass is 10.0. The summed E-state index contributed by atoms with van der Waals surface area (Å²) in [5.74, 6) is -0.369. The number of H-pyrrole nitrogens is 1. The molecule has 1 fully saturated rings. The Labute approximate surface area is 151 Å². The average Bonchev–Trinajstić information content (AvgIpc) is 3.19. The molecule has 1 atom stereocenters. The van der Waals surface area contributed by atoms with Crippen molar-refractivity contribution in [2.45, 2.75) is 18.9 Å². The third-order valence-electron chi connectivity index (χ3n) is 4.73. The molecule has 0 spiro atoms. The summed E-state index contributed by atoms with van der Waals surface area (Å²) in [4.78, 5) is 27.4. The van der Waals surface area contributed by atoms with Gasteiger partial charge in [-0.15, -0.1) is 0 Å². The van der Waals surface area contributed by atoms with Crippen LogP contribution in [0.15, 0.2) is 59.4 Å². The number of hydrogen-bond donors (Lipinski definition) is 2. The van der Waals surface area contributed by atoms with E-state index in [-0.39, 0.29) is 23.1 Å². The van der Waals surface area contributed by atoms with Gasteiger partial charge in [-0.25, -0.2) is 0 Å². The van der Waals surface area contributed by atoms with Gasteiger partial charge in [0.15, 0.2) is 0 Å². The Morgan fingerprint density at radius 1 is 1.12 bits per heavy atom. The van der Waals surface area contributed by atoms with Crippen molar-refractivity contribution in [3.63, 3.8) is 0 Å². The van der Waals surface area contributed by atoms with Gasteiger partial charge in [0.05, 0.1) is 6.10 Å². The molecule has 2 aromatic carbocycles. The molecule has 1 aliphatic rings. The lowest BCUT2D eigenvalue weighted by Crippen LogP contribution is -2.35. The van der Waals surface area contributed by atoms with Crippen LogP contribution < -0.4 is 10.9 Å². The summed E-state index contributed by atoms with van der Waals surface area (Å²) in [5.41, 5.74) is 1.33. The molecule has 0 saturated carbocycles. The molecule has 1 aliphatic heterocycles. The Bertz CT molecular complexity index is 1000. The van der Waals surface area contributed by atoms with E-state index in [1.165, 1.54) is 0 Å². The van der Waals surface area contributed by atoms with Crippen molar-refractivity contribution in [2.75, 3.05) is 13.2 Å². The number of amides is 1. The van der Waals surface area contributed by atoms with E-state index in [9.17, 15) is 9.59 Å². The number of rotatable bonds is 4. The first kappa shape index (κ1) is 16.5. The number of pyridine rings is 1. The van der Waals surface area contributed by atoms with Gasteiger partial charge in [-0.2, -0.15) is 0 Å². The molecule has 1 saturated heterocycles. The van der Waals surface area contributed by atoms with Crippen LogP contribution in [-0.2, 0) is 4.74 Å². The number of aromatic nitrogens is 1. The fourth-order valence-electron chi connectivity index (χ4n) is 3.28.